The molecule has 1 aliphatic rings. The van der Waals surface area contributed by atoms with Crippen LogP contribution in [0.2, 0.25) is 0 Å². The van der Waals surface area contributed by atoms with Crippen molar-refractivity contribution in [2.24, 2.45) is 5.92 Å². The van der Waals surface area contributed by atoms with E-state index < -0.39 is 40.8 Å². The van der Waals surface area contributed by atoms with Crippen molar-refractivity contribution in [1.82, 2.24) is 10.6 Å². The molecule has 9 nitrogen and oxygen atoms in total. The Hall–Kier alpha value is -3.53. The molecule has 0 aromatic heterocycles. The number of ether oxygens (including phenoxy) is 2. The summed E-state index contributed by atoms with van der Waals surface area (Å²) in [4.78, 5) is 37.5. The molecule has 36 heavy (non-hydrogen) atoms. The molecule has 1 aromatic rings. The summed E-state index contributed by atoms with van der Waals surface area (Å²) in [6, 6.07) is 5.22. The Kier molecular flexibility index (Phi) is 9.15. The Morgan fingerprint density at radius 3 is 2.25 bits per heavy atom. The highest BCUT2D eigenvalue weighted by Crippen LogP contribution is 2.36. The van der Waals surface area contributed by atoms with Gasteiger partial charge in [0.05, 0.1) is 24.9 Å². The molecule has 2 rings (SSSR count). The Balaban J connectivity index is 2.04. The molecule has 0 aliphatic heterocycles. The first-order chi connectivity index (χ1) is 16.7. The molecule has 1 atom stereocenters. The number of nitrogens with one attached hydrogen (secondary N) is 2. The third-order valence-electron chi connectivity index (χ3n) is 5.50. The first-order valence-corrected chi connectivity index (χ1v) is 11.5. The number of rotatable bonds is 6. The lowest BCUT2D eigenvalue weighted by atomic mass is 9.72. The Morgan fingerprint density at radius 1 is 1.11 bits per heavy atom. The van der Waals surface area contributed by atoms with E-state index in [9.17, 15) is 19.5 Å². The minimum Gasteiger partial charge on any atom is -0.467 e. The average molecular weight is 499 g/mol. The number of alkyl carbamates (subject to hydrolysis) is 1. The van der Waals surface area contributed by atoms with E-state index >= 15 is 0 Å². The molecule has 0 heterocycles. The van der Waals surface area contributed by atoms with Crippen LogP contribution in [0.5, 0.6) is 0 Å². The van der Waals surface area contributed by atoms with Gasteiger partial charge in [0, 0.05) is 17.0 Å². The first kappa shape index (κ1) is 28.7. The van der Waals surface area contributed by atoms with E-state index in [-0.39, 0.29) is 18.1 Å². The highest BCUT2D eigenvalue weighted by atomic mass is 16.6. The van der Waals surface area contributed by atoms with Crippen molar-refractivity contribution in [1.29, 1.82) is 0 Å². The Bertz CT molecular complexity index is 1090. The number of aliphatic hydroxyl groups is 2. The van der Waals surface area contributed by atoms with E-state index in [1.54, 1.807) is 58.9 Å². The molecule has 194 valence electrons. The van der Waals surface area contributed by atoms with Crippen molar-refractivity contribution in [2.45, 2.75) is 70.2 Å². The standard InChI is InChI=1S/C27H34N2O7/c1-25(2,3)36-24(33)29-26(4,5)21(23(32)35-6)28-22(31)20-13-11-18(12-14-20)9-7-8-10-19-15-27(34,16-19)17-30/h11-14,19,21,30,34H,15-17H2,1-6H3,(H,28,31)(H,29,33)/t19-,21-,27-/m1/s1. The van der Waals surface area contributed by atoms with Crippen molar-refractivity contribution in [3.8, 4) is 23.7 Å². The molecule has 1 fully saturated rings. The number of amides is 2. The maximum Gasteiger partial charge on any atom is 0.408 e. The van der Waals surface area contributed by atoms with Gasteiger partial charge in [0.2, 0.25) is 0 Å². The van der Waals surface area contributed by atoms with Crippen LogP contribution < -0.4 is 10.6 Å². The molecular formula is C27H34N2O7. The van der Waals surface area contributed by atoms with Crippen molar-refractivity contribution in [2.75, 3.05) is 13.7 Å². The fourth-order valence-electron chi connectivity index (χ4n) is 3.54. The number of carbonyl (C=O) groups excluding carboxylic acids is 3. The van der Waals surface area contributed by atoms with E-state index in [2.05, 4.69) is 34.3 Å². The molecular weight excluding hydrogens is 464 g/mol. The van der Waals surface area contributed by atoms with E-state index in [0.29, 0.717) is 18.4 Å². The van der Waals surface area contributed by atoms with Gasteiger partial charge in [-0.1, -0.05) is 11.8 Å². The zero-order valence-corrected chi connectivity index (χ0v) is 21.5. The smallest absolute Gasteiger partial charge is 0.408 e. The second-order valence-electron chi connectivity index (χ2n) is 10.4. The molecule has 1 saturated carbocycles. The largest absolute Gasteiger partial charge is 0.467 e. The second kappa shape index (κ2) is 11.5. The molecule has 9 heteroatoms. The van der Waals surface area contributed by atoms with Gasteiger partial charge in [-0.2, -0.15) is 0 Å². The van der Waals surface area contributed by atoms with Crippen LogP contribution in [0.25, 0.3) is 0 Å². The minimum absolute atomic E-state index is 0.0133. The Labute approximate surface area is 211 Å². The van der Waals surface area contributed by atoms with Crippen LogP contribution in [0.4, 0.5) is 4.79 Å². The molecule has 0 bridgehead atoms. The number of hydrogen-bond donors (Lipinski definition) is 4. The van der Waals surface area contributed by atoms with Gasteiger partial charge in [-0.15, -0.1) is 0 Å². The molecule has 2 amide bonds. The van der Waals surface area contributed by atoms with Crippen LogP contribution >= 0.6 is 0 Å². The van der Waals surface area contributed by atoms with Gasteiger partial charge >= 0.3 is 12.1 Å². The van der Waals surface area contributed by atoms with E-state index in [1.165, 1.54) is 7.11 Å². The zero-order chi connectivity index (χ0) is 27.1. The lowest BCUT2D eigenvalue weighted by molar-refractivity contribution is -0.144. The molecule has 1 aliphatic carbocycles. The molecule has 0 saturated heterocycles. The van der Waals surface area contributed by atoms with Crippen LogP contribution in [0.15, 0.2) is 24.3 Å². The number of esters is 1. The molecule has 1 aromatic carbocycles. The van der Waals surface area contributed by atoms with E-state index in [1.807, 2.05) is 0 Å². The fraction of sp³-hybridized carbons (Fsp3) is 0.519. The summed E-state index contributed by atoms with van der Waals surface area (Å²) < 4.78 is 10.1. The maximum atomic E-state index is 12.8. The van der Waals surface area contributed by atoms with Gasteiger partial charge in [0.25, 0.3) is 5.91 Å². The molecule has 4 N–H and O–H groups in total. The summed E-state index contributed by atoms with van der Waals surface area (Å²) in [6.07, 6.45) is 0.125. The van der Waals surface area contributed by atoms with E-state index in [0.717, 1.165) is 0 Å². The second-order valence-corrected chi connectivity index (χ2v) is 10.4. The summed E-state index contributed by atoms with van der Waals surface area (Å²) in [6.45, 7) is 8.03. The SMILES string of the molecule is COC(=O)[C@@H](NC(=O)c1ccc(C#CC#C[C@H]2C[C@@](O)(CO)C2)cc1)C(C)(C)NC(=O)OC(C)(C)C. The predicted molar refractivity (Wildman–Crippen MR) is 133 cm³/mol. The highest BCUT2D eigenvalue weighted by Gasteiger charge is 2.41. The Morgan fingerprint density at radius 2 is 1.72 bits per heavy atom. The summed E-state index contributed by atoms with van der Waals surface area (Å²) >= 11 is 0. The number of carbonyl (C=O) groups is 3. The van der Waals surface area contributed by atoms with Crippen LogP contribution in [0.3, 0.4) is 0 Å². The van der Waals surface area contributed by atoms with Gasteiger partial charge in [0.15, 0.2) is 0 Å². The van der Waals surface area contributed by atoms with Gasteiger partial charge in [-0.05, 0) is 83.6 Å². The molecule has 0 unspecified atom stereocenters. The van der Waals surface area contributed by atoms with E-state index in [4.69, 9.17) is 14.6 Å². The van der Waals surface area contributed by atoms with Crippen molar-refractivity contribution in [3.05, 3.63) is 35.4 Å². The quantitative estimate of drug-likeness (QED) is 0.347. The summed E-state index contributed by atoms with van der Waals surface area (Å²) in [5, 5.41) is 24.1. The number of aliphatic hydroxyl groups excluding tert-OH is 1. The first-order valence-electron chi connectivity index (χ1n) is 11.5. The zero-order valence-electron chi connectivity index (χ0n) is 21.5. The lowest BCUT2D eigenvalue weighted by Gasteiger charge is -2.39. The predicted octanol–water partition coefficient (Wildman–Crippen LogP) is 1.75. The van der Waals surface area contributed by atoms with Crippen molar-refractivity contribution in [3.63, 3.8) is 0 Å². The number of methoxy groups -OCH3 is 1. The molecule has 0 radical (unpaired) electrons. The van der Waals surface area contributed by atoms with Crippen molar-refractivity contribution < 1.29 is 34.1 Å². The summed E-state index contributed by atoms with van der Waals surface area (Å²) in [5.41, 5.74) is -2.05. The maximum absolute atomic E-state index is 12.8. The van der Waals surface area contributed by atoms with Gasteiger partial charge in [-0.3, -0.25) is 4.79 Å². The lowest BCUT2D eigenvalue weighted by Crippen LogP contribution is -2.62. The van der Waals surface area contributed by atoms with Crippen LogP contribution in [0, 0.1) is 29.6 Å². The fourth-order valence-corrected chi connectivity index (χ4v) is 3.54. The highest BCUT2D eigenvalue weighted by molar-refractivity contribution is 5.97. The van der Waals surface area contributed by atoms with Gasteiger partial charge < -0.3 is 30.3 Å². The van der Waals surface area contributed by atoms with Crippen LogP contribution in [-0.2, 0) is 14.3 Å². The third kappa shape index (κ3) is 8.30. The molecule has 0 spiro atoms. The van der Waals surface area contributed by atoms with Crippen molar-refractivity contribution >= 4 is 18.0 Å². The minimum atomic E-state index is -1.22. The number of hydrogen-bond acceptors (Lipinski definition) is 7. The number of benzene rings is 1. The monoisotopic (exact) mass is 498 g/mol. The topological polar surface area (TPSA) is 134 Å². The van der Waals surface area contributed by atoms with Gasteiger partial charge in [-0.25, -0.2) is 9.59 Å². The van der Waals surface area contributed by atoms with Crippen LogP contribution in [0.1, 0.15) is 63.4 Å². The summed E-state index contributed by atoms with van der Waals surface area (Å²) in [7, 11) is 1.19. The average Bonchev–Trinajstić information content (AvgIpc) is 2.76. The summed E-state index contributed by atoms with van der Waals surface area (Å²) in [5.74, 6) is 10.1. The normalized spacial score (nSPS) is 19.7. The van der Waals surface area contributed by atoms with Crippen LogP contribution in [-0.4, -0.2) is 64.7 Å². The third-order valence-corrected chi connectivity index (χ3v) is 5.50. The van der Waals surface area contributed by atoms with Gasteiger partial charge in [0.1, 0.15) is 11.6 Å².